The van der Waals surface area contributed by atoms with Crippen molar-refractivity contribution in [2.45, 2.75) is 72.1 Å². The van der Waals surface area contributed by atoms with E-state index in [4.69, 9.17) is 4.98 Å². The number of fused-ring (bicyclic) bond motifs is 1. The molecule has 30 heavy (non-hydrogen) atoms. The molecule has 0 N–H and O–H groups in total. The van der Waals surface area contributed by atoms with Gasteiger partial charge in [-0.3, -0.25) is 14.2 Å². The molecule has 0 atom stereocenters. The smallest absolute Gasteiger partial charge is 0.265 e. The third-order valence-electron chi connectivity index (χ3n) is 5.62. The Kier molecular flexibility index (Phi) is 7.56. The average Bonchev–Trinajstić information content (AvgIpc) is 2.72. The fraction of sp³-hybridized carbons (Fsp3) is 0.423. The number of rotatable bonds is 10. The normalized spacial score (nSPS) is 11.2. The molecule has 158 valence electrons. The topological polar surface area (TPSA) is 52.0 Å². The zero-order valence-electron chi connectivity index (χ0n) is 18.4. The summed E-state index contributed by atoms with van der Waals surface area (Å²) < 4.78 is 1.76. The van der Waals surface area contributed by atoms with Crippen molar-refractivity contribution in [3.8, 4) is 5.69 Å². The van der Waals surface area contributed by atoms with Crippen LogP contribution in [0.4, 0.5) is 0 Å². The second-order valence-corrected chi connectivity index (χ2v) is 8.18. The van der Waals surface area contributed by atoms with Gasteiger partial charge in [0.2, 0.25) is 0 Å². The van der Waals surface area contributed by atoms with Crippen LogP contribution in [0.1, 0.15) is 68.8 Å². The van der Waals surface area contributed by atoms with E-state index in [-0.39, 0.29) is 5.56 Å². The van der Waals surface area contributed by atoms with Crippen LogP contribution in [0.5, 0.6) is 0 Å². The van der Waals surface area contributed by atoms with Crippen molar-refractivity contribution in [2.75, 3.05) is 0 Å². The van der Waals surface area contributed by atoms with Crippen LogP contribution in [0.25, 0.3) is 16.6 Å². The van der Waals surface area contributed by atoms with Crippen molar-refractivity contribution in [1.82, 2.24) is 9.55 Å². The number of para-hydroxylation sites is 1. The molecule has 3 rings (SSSR count). The van der Waals surface area contributed by atoms with Crippen LogP contribution in [0.15, 0.2) is 47.3 Å². The van der Waals surface area contributed by atoms with Crippen LogP contribution in [0.3, 0.4) is 0 Å². The summed E-state index contributed by atoms with van der Waals surface area (Å²) >= 11 is 0. The number of benzene rings is 2. The molecule has 4 heteroatoms. The standard InChI is InChI=1S/C26H32N2O2/c1-4-5-6-12-21(29)13-8-10-15-25-27-23-18-19(2)16-17-22(23)26(30)28(25)24-14-9-7-11-20(24)3/h7,9,11,14,16-18H,4-6,8,10,12-13,15H2,1-3H3. The molecular formula is C26H32N2O2. The van der Waals surface area contributed by atoms with Crippen molar-refractivity contribution >= 4 is 16.7 Å². The first-order valence-electron chi connectivity index (χ1n) is 11.1. The van der Waals surface area contributed by atoms with Gasteiger partial charge < -0.3 is 0 Å². The van der Waals surface area contributed by atoms with Gasteiger partial charge in [-0.15, -0.1) is 0 Å². The number of Topliss-reactive ketones (excluding diaryl/α,β-unsaturated/α-hetero) is 1. The second-order valence-electron chi connectivity index (χ2n) is 8.18. The highest BCUT2D eigenvalue weighted by Crippen LogP contribution is 2.19. The monoisotopic (exact) mass is 404 g/mol. The molecule has 0 aliphatic heterocycles. The van der Waals surface area contributed by atoms with E-state index in [1.165, 1.54) is 0 Å². The Morgan fingerprint density at radius 2 is 1.70 bits per heavy atom. The van der Waals surface area contributed by atoms with Crippen molar-refractivity contribution < 1.29 is 4.79 Å². The quantitative estimate of drug-likeness (QED) is 0.397. The van der Waals surface area contributed by atoms with Crippen LogP contribution < -0.4 is 5.56 Å². The number of aromatic nitrogens is 2. The number of aryl methyl sites for hydroxylation is 3. The summed E-state index contributed by atoms with van der Waals surface area (Å²) in [6.07, 6.45) is 6.91. The fourth-order valence-electron chi connectivity index (χ4n) is 3.87. The van der Waals surface area contributed by atoms with E-state index in [1.54, 1.807) is 4.57 Å². The van der Waals surface area contributed by atoms with Crippen molar-refractivity contribution in [3.05, 3.63) is 69.8 Å². The minimum absolute atomic E-state index is 0.0278. The molecule has 0 saturated carbocycles. The van der Waals surface area contributed by atoms with Crippen LogP contribution in [-0.4, -0.2) is 15.3 Å². The van der Waals surface area contributed by atoms with Gasteiger partial charge in [-0.05, 0) is 62.4 Å². The lowest BCUT2D eigenvalue weighted by molar-refractivity contribution is -0.119. The summed E-state index contributed by atoms with van der Waals surface area (Å²) in [5.74, 6) is 1.12. The third-order valence-corrected chi connectivity index (χ3v) is 5.62. The maximum atomic E-state index is 13.4. The number of nitrogens with zero attached hydrogens (tertiary/aromatic N) is 2. The van der Waals surface area contributed by atoms with E-state index in [9.17, 15) is 9.59 Å². The van der Waals surface area contributed by atoms with Crippen molar-refractivity contribution in [2.24, 2.45) is 0 Å². The molecule has 0 unspecified atom stereocenters. The van der Waals surface area contributed by atoms with E-state index in [0.29, 0.717) is 30.4 Å². The SMILES string of the molecule is CCCCCC(=O)CCCCc1nc2cc(C)ccc2c(=O)n1-c1ccccc1C. The van der Waals surface area contributed by atoms with Crippen LogP contribution in [-0.2, 0) is 11.2 Å². The number of hydrogen-bond donors (Lipinski definition) is 0. The first-order chi connectivity index (χ1) is 14.5. The van der Waals surface area contributed by atoms with Gasteiger partial charge in [0.05, 0.1) is 16.6 Å². The van der Waals surface area contributed by atoms with E-state index >= 15 is 0 Å². The van der Waals surface area contributed by atoms with E-state index < -0.39 is 0 Å². The molecule has 0 fully saturated rings. The Labute approximate surface area is 179 Å². The van der Waals surface area contributed by atoms with E-state index in [1.807, 2.05) is 56.3 Å². The fourth-order valence-corrected chi connectivity index (χ4v) is 3.87. The van der Waals surface area contributed by atoms with Gasteiger partial charge in [0.1, 0.15) is 11.6 Å². The minimum atomic E-state index is -0.0278. The summed E-state index contributed by atoms with van der Waals surface area (Å²) in [5, 5.41) is 0.638. The highest BCUT2D eigenvalue weighted by atomic mass is 16.1. The number of unbranched alkanes of at least 4 members (excludes halogenated alkanes) is 3. The zero-order valence-corrected chi connectivity index (χ0v) is 18.4. The summed E-state index contributed by atoms with van der Waals surface area (Å²) in [6, 6.07) is 13.7. The molecule has 0 aliphatic rings. The van der Waals surface area contributed by atoms with Gasteiger partial charge in [-0.25, -0.2) is 4.98 Å². The highest BCUT2D eigenvalue weighted by Gasteiger charge is 2.14. The van der Waals surface area contributed by atoms with Crippen LogP contribution in [0, 0.1) is 13.8 Å². The number of carbonyl (C=O) groups is 1. The first-order valence-corrected chi connectivity index (χ1v) is 11.1. The first kappa shape index (κ1) is 21.9. The lowest BCUT2D eigenvalue weighted by Gasteiger charge is -2.16. The van der Waals surface area contributed by atoms with Gasteiger partial charge in [-0.2, -0.15) is 0 Å². The summed E-state index contributed by atoms with van der Waals surface area (Å²) in [6.45, 7) is 6.17. The third kappa shape index (κ3) is 5.24. The Morgan fingerprint density at radius 1 is 0.967 bits per heavy atom. The largest absolute Gasteiger partial charge is 0.300 e. The molecule has 0 amide bonds. The molecule has 0 radical (unpaired) electrons. The summed E-state index contributed by atoms with van der Waals surface area (Å²) in [7, 11) is 0. The van der Waals surface area contributed by atoms with E-state index in [0.717, 1.165) is 60.3 Å². The Balaban J connectivity index is 1.85. The molecular weight excluding hydrogens is 372 g/mol. The molecule has 4 nitrogen and oxygen atoms in total. The number of carbonyl (C=O) groups excluding carboxylic acids is 1. The maximum absolute atomic E-state index is 13.4. The lowest BCUT2D eigenvalue weighted by Crippen LogP contribution is -2.24. The Bertz CT molecular complexity index is 1080. The molecule has 0 bridgehead atoms. The van der Waals surface area contributed by atoms with Gasteiger partial charge >= 0.3 is 0 Å². The van der Waals surface area contributed by atoms with Crippen LogP contribution in [0.2, 0.25) is 0 Å². The summed E-state index contributed by atoms with van der Waals surface area (Å²) in [4.78, 5) is 30.3. The molecule has 0 saturated heterocycles. The molecule has 0 aliphatic carbocycles. The Hall–Kier alpha value is -2.75. The van der Waals surface area contributed by atoms with Crippen molar-refractivity contribution in [1.29, 1.82) is 0 Å². The van der Waals surface area contributed by atoms with Gasteiger partial charge in [0.15, 0.2) is 0 Å². The molecule has 1 aromatic heterocycles. The van der Waals surface area contributed by atoms with E-state index in [2.05, 4.69) is 6.92 Å². The average molecular weight is 405 g/mol. The highest BCUT2D eigenvalue weighted by molar-refractivity contribution is 5.79. The Morgan fingerprint density at radius 3 is 2.43 bits per heavy atom. The summed E-state index contributed by atoms with van der Waals surface area (Å²) in [5.41, 5.74) is 3.73. The predicted octanol–water partition coefficient (Wildman–Crippen LogP) is 5.86. The molecule has 3 aromatic rings. The lowest BCUT2D eigenvalue weighted by atomic mass is 10.1. The maximum Gasteiger partial charge on any atom is 0.265 e. The molecule has 2 aromatic carbocycles. The molecule has 0 spiro atoms. The van der Waals surface area contributed by atoms with Gasteiger partial charge in [-0.1, -0.05) is 44.0 Å². The number of hydrogen-bond acceptors (Lipinski definition) is 3. The zero-order chi connectivity index (χ0) is 21.5. The van der Waals surface area contributed by atoms with Gasteiger partial charge in [0, 0.05) is 19.3 Å². The van der Waals surface area contributed by atoms with Gasteiger partial charge in [0.25, 0.3) is 5.56 Å². The predicted molar refractivity (Wildman–Crippen MR) is 124 cm³/mol. The number of ketones is 1. The second kappa shape index (κ2) is 10.3. The molecule has 1 heterocycles. The van der Waals surface area contributed by atoms with Crippen LogP contribution >= 0.6 is 0 Å². The minimum Gasteiger partial charge on any atom is -0.300 e. The van der Waals surface area contributed by atoms with Crippen molar-refractivity contribution in [3.63, 3.8) is 0 Å².